The molecule has 6 heteroatoms. The molecule has 1 aliphatic rings. The number of nitrogens with one attached hydrogen (secondary N) is 2. The van der Waals surface area contributed by atoms with Gasteiger partial charge in [0.1, 0.15) is 5.76 Å². The number of morpholine rings is 1. The van der Waals surface area contributed by atoms with Crippen LogP contribution in [0, 0.1) is 6.92 Å². The number of ether oxygens (including phenoxy) is 1. The molecule has 2 N–H and O–H groups in total. The van der Waals surface area contributed by atoms with Crippen molar-refractivity contribution < 1.29 is 14.1 Å². The lowest BCUT2D eigenvalue weighted by molar-refractivity contribution is -0.119. The van der Waals surface area contributed by atoms with E-state index >= 15 is 0 Å². The Labute approximate surface area is 93.3 Å². The first-order chi connectivity index (χ1) is 7.74. The van der Waals surface area contributed by atoms with E-state index in [0.717, 1.165) is 6.54 Å². The van der Waals surface area contributed by atoms with Gasteiger partial charge >= 0.3 is 0 Å². The van der Waals surface area contributed by atoms with Gasteiger partial charge in [0, 0.05) is 19.2 Å². The minimum atomic E-state index is -0.109. The van der Waals surface area contributed by atoms with Crippen molar-refractivity contribution in [3.05, 3.63) is 11.8 Å². The molecule has 1 atom stereocenters. The number of aryl methyl sites for hydroxylation is 1. The molecule has 1 amide bonds. The van der Waals surface area contributed by atoms with Crippen LogP contribution in [0.4, 0.5) is 5.82 Å². The van der Waals surface area contributed by atoms with Crippen molar-refractivity contribution in [2.45, 2.75) is 19.4 Å². The molecule has 1 saturated heterocycles. The quantitative estimate of drug-likeness (QED) is 0.773. The van der Waals surface area contributed by atoms with Crippen LogP contribution in [0.2, 0.25) is 0 Å². The number of rotatable bonds is 3. The van der Waals surface area contributed by atoms with E-state index < -0.39 is 0 Å². The summed E-state index contributed by atoms with van der Waals surface area (Å²) < 4.78 is 10.3. The third kappa shape index (κ3) is 3.04. The number of carbonyl (C=O) groups is 1. The highest BCUT2D eigenvalue weighted by atomic mass is 16.5. The van der Waals surface area contributed by atoms with Crippen LogP contribution < -0.4 is 10.6 Å². The van der Waals surface area contributed by atoms with Crippen LogP contribution >= 0.6 is 0 Å². The zero-order chi connectivity index (χ0) is 11.4. The van der Waals surface area contributed by atoms with E-state index in [1.54, 1.807) is 13.0 Å². The van der Waals surface area contributed by atoms with Gasteiger partial charge in [-0.2, -0.15) is 0 Å². The standard InChI is InChI=1S/C10H15N3O3/c1-7-4-9(13-16-7)12-10(14)5-8-6-11-2-3-15-8/h4,8,11H,2-3,5-6H2,1H3,(H,12,13,14). The second-order valence-corrected chi connectivity index (χ2v) is 3.77. The zero-order valence-corrected chi connectivity index (χ0v) is 9.16. The van der Waals surface area contributed by atoms with E-state index in [0.29, 0.717) is 31.2 Å². The van der Waals surface area contributed by atoms with Crippen molar-refractivity contribution in [2.75, 3.05) is 25.0 Å². The van der Waals surface area contributed by atoms with Crippen LogP contribution in [0.5, 0.6) is 0 Å². The lowest BCUT2D eigenvalue weighted by Gasteiger charge is -2.22. The van der Waals surface area contributed by atoms with Gasteiger partial charge in [-0.15, -0.1) is 0 Å². The van der Waals surface area contributed by atoms with E-state index in [9.17, 15) is 4.79 Å². The molecule has 2 rings (SSSR count). The molecule has 1 aromatic heterocycles. The Bertz CT molecular complexity index is 358. The van der Waals surface area contributed by atoms with Gasteiger partial charge in [-0.1, -0.05) is 5.16 Å². The molecule has 0 bridgehead atoms. The SMILES string of the molecule is Cc1cc(NC(=O)CC2CNCCO2)no1. The molecule has 0 spiro atoms. The van der Waals surface area contributed by atoms with E-state index in [1.807, 2.05) is 0 Å². The first kappa shape index (κ1) is 11.1. The minimum absolute atomic E-state index is 0.0539. The Morgan fingerprint density at radius 1 is 1.75 bits per heavy atom. The van der Waals surface area contributed by atoms with Gasteiger partial charge in [0.2, 0.25) is 5.91 Å². The molecule has 0 aromatic carbocycles. The molecule has 2 heterocycles. The van der Waals surface area contributed by atoms with Gasteiger partial charge in [0.25, 0.3) is 0 Å². The van der Waals surface area contributed by atoms with Crippen LogP contribution in [-0.4, -0.2) is 36.9 Å². The lowest BCUT2D eigenvalue weighted by Crippen LogP contribution is -2.40. The largest absolute Gasteiger partial charge is 0.375 e. The van der Waals surface area contributed by atoms with E-state index in [1.165, 1.54) is 0 Å². The number of hydrogen-bond donors (Lipinski definition) is 2. The molecule has 0 saturated carbocycles. The first-order valence-electron chi connectivity index (χ1n) is 5.29. The summed E-state index contributed by atoms with van der Waals surface area (Å²) in [5.74, 6) is 1.01. The van der Waals surface area contributed by atoms with E-state index in [2.05, 4.69) is 15.8 Å². The van der Waals surface area contributed by atoms with Crippen molar-refractivity contribution in [2.24, 2.45) is 0 Å². The second-order valence-electron chi connectivity index (χ2n) is 3.77. The number of anilines is 1. The fourth-order valence-corrected chi connectivity index (χ4v) is 1.58. The summed E-state index contributed by atoms with van der Waals surface area (Å²) in [6.45, 7) is 3.99. The van der Waals surface area contributed by atoms with Gasteiger partial charge < -0.3 is 19.9 Å². The average molecular weight is 225 g/mol. The number of amides is 1. The van der Waals surface area contributed by atoms with Crippen molar-refractivity contribution >= 4 is 11.7 Å². The number of nitrogens with zero attached hydrogens (tertiary/aromatic N) is 1. The highest BCUT2D eigenvalue weighted by Crippen LogP contribution is 2.09. The fourth-order valence-electron chi connectivity index (χ4n) is 1.58. The molecule has 6 nitrogen and oxygen atoms in total. The number of aromatic nitrogens is 1. The summed E-state index contributed by atoms with van der Waals surface area (Å²) in [5.41, 5.74) is 0. The monoisotopic (exact) mass is 225 g/mol. The van der Waals surface area contributed by atoms with Gasteiger partial charge in [0.15, 0.2) is 5.82 Å². The maximum atomic E-state index is 11.6. The van der Waals surface area contributed by atoms with Crippen LogP contribution in [0.3, 0.4) is 0 Å². The van der Waals surface area contributed by atoms with Crippen LogP contribution in [0.1, 0.15) is 12.2 Å². The Kier molecular flexibility index (Phi) is 3.53. The Morgan fingerprint density at radius 2 is 2.62 bits per heavy atom. The maximum absolute atomic E-state index is 11.6. The topological polar surface area (TPSA) is 76.4 Å². The third-order valence-electron chi connectivity index (χ3n) is 2.31. The summed E-state index contributed by atoms with van der Waals surface area (Å²) in [5, 5.41) is 9.51. The molecule has 1 unspecified atom stereocenters. The summed E-state index contributed by atoms with van der Waals surface area (Å²) >= 11 is 0. The second kappa shape index (κ2) is 5.09. The first-order valence-corrected chi connectivity index (χ1v) is 5.29. The van der Waals surface area contributed by atoms with Crippen molar-refractivity contribution in [1.82, 2.24) is 10.5 Å². The predicted octanol–water partition coefficient (Wildman–Crippen LogP) is 0.300. The van der Waals surface area contributed by atoms with Gasteiger partial charge in [-0.25, -0.2) is 0 Å². The number of hydrogen-bond acceptors (Lipinski definition) is 5. The smallest absolute Gasteiger partial charge is 0.228 e. The fraction of sp³-hybridized carbons (Fsp3) is 0.600. The van der Waals surface area contributed by atoms with Crippen LogP contribution in [-0.2, 0) is 9.53 Å². The molecule has 16 heavy (non-hydrogen) atoms. The van der Waals surface area contributed by atoms with E-state index in [-0.39, 0.29) is 12.0 Å². The summed E-state index contributed by atoms with van der Waals surface area (Å²) in [6, 6.07) is 1.68. The van der Waals surface area contributed by atoms with Crippen molar-refractivity contribution in [1.29, 1.82) is 0 Å². The predicted molar refractivity (Wildman–Crippen MR) is 57.1 cm³/mol. The zero-order valence-electron chi connectivity index (χ0n) is 9.16. The number of carbonyl (C=O) groups excluding carboxylic acids is 1. The average Bonchev–Trinajstić information content (AvgIpc) is 2.65. The van der Waals surface area contributed by atoms with Crippen molar-refractivity contribution in [3.8, 4) is 0 Å². The molecule has 1 aliphatic heterocycles. The summed E-state index contributed by atoms with van der Waals surface area (Å²) in [6.07, 6.45) is 0.278. The molecule has 1 fully saturated rings. The van der Waals surface area contributed by atoms with Crippen LogP contribution in [0.25, 0.3) is 0 Å². The van der Waals surface area contributed by atoms with E-state index in [4.69, 9.17) is 9.26 Å². The normalized spacial score (nSPS) is 20.7. The molecular formula is C10H15N3O3. The molecule has 0 aliphatic carbocycles. The van der Waals surface area contributed by atoms with Gasteiger partial charge in [-0.3, -0.25) is 4.79 Å². The maximum Gasteiger partial charge on any atom is 0.228 e. The Balaban J connectivity index is 1.79. The molecule has 0 radical (unpaired) electrons. The van der Waals surface area contributed by atoms with Gasteiger partial charge in [0.05, 0.1) is 19.1 Å². The Hall–Kier alpha value is -1.40. The summed E-state index contributed by atoms with van der Waals surface area (Å²) in [7, 11) is 0. The third-order valence-corrected chi connectivity index (χ3v) is 2.31. The highest BCUT2D eigenvalue weighted by molar-refractivity contribution is 5.90. The van der Waals surface area contributed by atoms with Gasteiger partial charge in [-0.05, 0) is 6.92 Å². The molecular weight excluding hydrogens is 210 g/mol. The molecule has 88 valence electrons. The van der Waals surface area contributed by atoms with Crippen LogP contribution in [0.15, 0.2) is 10.6 Å². The molecule has 1 aromatic rings. The van der Waals surface area contributed by atoms with Crippen molar-refractivity contribution in [3.63, 3.8) is 0 Å². The minimum Gasteiger partial charge on any atom is -0.375 e. The lowest BCUT2D eigenvalue weighted by atomic mass is 10.2. The highest BCUT2D eigenvalue weighted by Gasteiger charge is 2.17. The summed E-state index contributed by atoms with van der Waals surface area (Å²) in [4.78, 5) is 11.6. The Morgan fingerprint density at radius 3 is 3.25 bits per heavy atom.